The lowest BCUT2D eigenvalue weighted by Crippen LogP contribution is -2.28. The summed E-state index contributed by atoms with van der Waals surface area (Å²) in [6.45, 7) is 0.673. The van der Waals surface area contributed by atoms with Crippen molar-refractivity contribution in [3.63, 3.8) is 0 Å². The van der Waals surface area contributed by atoms with E-state index in [-0.39, 0.29) is 11.9 Å². The maximum atomic E-state index is 12.4. The number of hydrogen-bond acceptors (Lipinski definition) is 2. The van der Waals surface area contributed by atoms with E-state index >= 15 is 0 Å². The Hall–Kier alpha value is -1.32. The molecule has 1 aromatic heterocycles. The molecule has 3 nitrogen and oxygen atoms in total. The Kier molecular flexibility index (Phi) is 3.10. The first-order valence-electron chi connectivity index (χ1n) is 6.19. The maximum Gasteiger partial charge on any atom is 0.193 e. The molecule has 1 aromatic carbocycles. The minimum atomic E-state index is -0.311. The molecule has 18 heavy (non-hydrogen) atoms. The smallest absolute Gasteiger partial charge is 0.193 e. The topological polar surface area (TPSA) is 42.1 Å². The number of fused-ring (bicyclic) bond motifs is 1. The molecule has 1 atom stereocenters. The Morgan fingerprint density at radius 2 is 2.28 bits per heavy atom. The van der Waals surface area contributed by atoms with Crippen molar-refractivity contribution < 1.29 is 9.53 Å². The van der Waals surface area contributed by atoms with E-state index in [4.69, 9.17) is 16.3 Å². The zero-order valence-electron chi connectivity index (χ0n) is 9.91. The number of benzene rings is 1. The van der Waals surface area contributed by atoms with E-state index in [0.29, 0.717) is 17.2 Å². The Morgan fingerprint density at radius 1 is 1.39 bits per heavy atom. The van der Waals surface area contributed by atoms with Crippen LogP contribution in [0, 0.1) is 0 Å². The molecule has 3 rings (SSSR count). The van der Waals surface area contributed by atoms with Crippen molar-refractivity contribution >= 4 is 28.3 Å². The van der Waals surface area contributed by atoms with Crippen LogP contribution < -0.4 is 0 Å². The van der Waals surface area contributed by atoms with E-state index in [1.165, 1.54) is 0 Å². The van der Waals surface area contributed by atoms with Gasteiger partial charge in [-0.05, 0) is 31.4 Å². The number of aromatic amines is 1. The molecule has 0 aliphatic carbocycles. The average molecular weight is 264 g/mol. The van der Waals surface area contributed by atoms with E-state index in [9.17, 15) is 4.79 Å². The third-order valence-electron chi connectivity index (χ3n) is 3.39. The van der Waals surface area contributed by atoms with E-state index in [1.807, 2.05) is 12.1 Å². The van der Waals surface area contributed by atoms with Crippen LogP contribution in [-0.4, -0.2) is 23.5 Å². The van der Waals surface area contributed by atoms with Crippen molar-refractivity contribution in [2.24, 2.45) is 0 Å². The Labute approximate surface area is 110 Å². The third-order valence-corrected chi connectivity index (χ3v) is 3.71. The zero-order chi connectivity index (χ0) is 12.5. The van der Waals surface area contributed by atoms with Crippen LogP contribution in [-0.2, 0) is 4.74 Å². The van der Waals surface area contributed by atoms with Crippen LogP contribution in [0.2, 0.25) is 5.02 Å². The largest absolute Gasteiger partial charge is 0.370 e. The summed E-state index contributed by atoms with van der Waals surface area (Å²) in [5.74, 6) is 0.0362. The van der Waals surface area contributed by atoms with Crippen LogP contribution in [0.4, 0.5) is 0 Å². The van der Waals surface area contributed by atoms with Crippen LogP contribution in [0.25, 0.3) is 10.9 Å². The second-order valence-electron chi connectivity index (χ2n) is 4.58. The van der Waals surface area contributed by atoms with Gasteiger partial charge in [0.1, 0.15) is 6.10 Å². The van der Waals surface area contributed by atoms with Gasteiger partial charge in [-0.25, -0.2) is 0 Å². The van der Waals surface area contributed by atoms with Gasteiger partial charge in [-0.15, -0.1) is 0 Å². The first kappa shape index (κ1) is 11.8. The van der Waals surface area contributed by atoms with Gasteiger partial charge in [0.15, 0.2) is 5.78 Å². The lowest BCUT2D eigenvalue weighted by Gasteiger charge is -2.21. The summed E-state index contributed by atoms with van der Waals surface area (Å²) in [5, 5.41) is 1.41. The van der Waals surface area contributed by atoms with Crippen LogP contribution in [0.3, 0.4) is 0 Å². The Bertz CT molecular complexity index is 584. The number of carbonyl (C=O) groups is 1. The number of halogens is 1. The number of rotatable bonds is 2. The number of ketones is 1. The van der Waals surface area contributed by atoms with Crippen molar-refractivity contribution in [2.75, 3.05) is 6.61 Å². The molecule has 0 radical (unpaired) electrons. The summed E-state index contributed by atoms with van der Waals surface area (Å²) < 4.78 is 5.55. The molecule has 1 unspecified atom stereocenters. The lowest BCUT2D eigenvalue weighted by molar-refractivity contribution is 0.0188. The number of H-pyrrole nitrogens is 1. The van der Waals surface area contributed by atoms with Crippen molar-refractivity contribution in [3.8, 4) is 0 Å². The molecule has 1 aliphatic heterocycles. The van der Waals surface area contributed by atoms with E-state index in [2.05, 4.69) is 4.98 Å². The molecule has 0 amide bonds. The minimum absolute atomic E-state index is 0.0362. The maximum absolute atomic E-state index is 12.4. The van der Waals surface area contributed by atoms with E-state index in [1.54, 1.807) is 12.3 Å². The first-order valence-corrected chi connectivity index (χ1v) is 6.56. The molecule has 2 heterocycles. The molecule has 1 saturated heterocycles. The highest BCUT2D eigenvalue weighted by Crippen LogP contribution is 2.29. The molecule has 94 valence electrons. The first-order chi connectivity index (χ1) is 8.77. The van der Waals surface area contributed by atoms with Gasteiger partial charge in [0.2, 0.25) is 0 Å². The SMILES string of the molecule is O=C(c1c[nH]c2cccc(Cl)c12)C1CCCCO1. The van der Waals surface area contributed by atoms with Crippen molar-refractivity contribution in [1.82, 2.24) is 4.98 Å². The van der Waals surface area contributed by atoms with Crippen molar-refractivity contribution in [1.29, 1.82) is 0 Å². The summed E-state index contributed by atoms with van der Waals surface area (Å²) >= 11 is 6.17. The quantitative estimate of drug-likeness (QED) is 0.842. The fraction of sp³-hybridized carbons (Fsp3) is 0.357. The van der Waals surface area contributed by atoms with Gasteiger partial charge in [-0.3, -0.25) is 4.79 Å². The molecular formula is C14H14ClNO2. The molecule has 4 heteroatoms. The summed E-state index contributed by atoms with van der Waals surface area (Å²) in [6.07, 6.45) is 4.31. The fourth-order valence-corrected chi connectivity index (χ4v) is 2.73. The van der Waals surface area contributed by atoms with Crippen LogP contribution >= 0.6 is 11.6 Å². The number of carbonyl (C=O) groups excluding carboxylic acids is 1. The van der Waals surface area contributed by atoms with Gasteiger partial charge in [-0.1, -0.05) is 17.7 Å². The number of ether oxygens (including phenoxy) is 1. The molecule has 0 saturated carbocycles. The summed E-state index contributed by atoms with van der Waals surface area (Å²) in [6, 6.07) is 5.59. The molecular weight excluding hydrogens is 250 g/mol. The number of aromatic nitrogens is 1. The molecule has 0 bridgehead atoms. The zero-order valence-corrected chi connectivity index (χ0v) is 10.7. The van der Waals surface area contributed by atoms with Crippen LogP contribution in [0.5, 0.6) is 0 Å². The van der Waals surface area contributed by atoms with Crippen molar-refractivity contribution in [2.45, 2.75) is 25.4 Å². The predicted molar refractivity (Wildman–Crippen MR) is 71.2 cm³/mol. The predicted octanol–water partition coefficient (Wildman–Crippen LogP) is 3.57. The van der Waals surface area contributed by atoms with Gasteiger partial charge in [0.05, 0.1) is 5.02 Å². The standard InChI is InChI=1S/C14H14ClNO2/c15-10-4-3-5-11-13(10)9(8-16-11)14(17)12-6-1-2-7-18-12/h3-5,8,12,16H,1-2,6-7H2. The van der Waals surface area contributed by atoms with Gasteiger partial charge in [0.25, 0.3) is 0 Å². The van der Waals surface area contributed by atoms with Gasteiger partial charge in [0, 0.05) is 29.3 Å². The Morgan fingerprint density at radius 3 is 3.06 bits per heavy atom. The van der Waals surface area contributed by atoms with Crippen LogP contribution in [0.1, 0.15) is 29.6 Å². The van der Waals surface area contributed by atoms with Gasteiger partial charge < -0.3 is 9.72 Å². The fourth-order valence-electron chi connectivity index (χ4n) is 2.46. The number of Topliss-reactive ketones (excluding diaryl/α,β-unsaturated/α-hetero) is 1. The second-order valence-corrected chi connectivity index (χ2v) is 4.99. The molecule has 0 spiro atoms. The molecule has 1 aliphatic rings. The van der Waals surface area contributed by atoms with Gasteiger partial charge in [-0.2, -0.15) is 0 Å². The van der Waals surface area contributed by atoms with Gasteiger partial charge >= 0.3 is 0 Å². The summed E-state index contributed by atoms with van der Waals surface area (Å²) in [7, 11) is 0. The lowest BCUT2D eigenvalue weighted by atomic mass is 9.99. The van der Waals surface area contributed by atoms with E-state index < -0.39 is 0 Å². The second kappa shape index (κ2) is 4.75. The number of nitrogens with one attached hydrogen (secondary N) is 1. The number of hydrogen-bond donors (Lipinski definition) is 1. The third kappa shape index (κ3) is 1.93. The molecule has 2 aromatic rings. The summed E-state index contributed by atoms with van der Waals surface area (Å²) in [5.41, 5.74) is 1.53. The molecule has 1 N–H and O–H groups in total. The Balaban J connectivity index is 2.01. The van der Waals surface area contributed by atoms with E-state index in [0.717, 1.165) is 30.2 Å². The molecule has 1 fully saturated rings. The highest BCUT2D eigenvalue weighted by atomic mass is 35.5. The summed E-state index contributed by atoms with van der Waals surface area (Å²) in [4.78, 5) is 15.5. The highest BCUT2D eigenvalue weighted by molar-refractivity contribution is 6.37. The highest BCUT2D eigenvalue weighted by Gasteiger charge is 2.25. The van der Waals surface area contributed by atoms with Crippen molar-refractivity contribution in [3.05, 3.63) is 35.0 Å². The average Bonchev–Trinajstić information content (AvgIpc) is 2.84. The monoisotopic (exact) mass is 263 g/mol. The normalized spacial score (nSPS) is 20.2. The van der Waals surface area contributed by atoms with Crippen LogP contribution in [0.15, 0.2) is 24.4 Å². The minimum Gasteiger partial charge on any atom is -0.370 e.